The predicted molar refractivity (Wildman–Crippen MR) is 47.0 cm³/mol. The minimum atomic E-state index is 0.766. The molecule has 0 unspecified atom stereocenters. The molecule has 0 atom stereocenters. The summed E-state index contributed by atoms with van der Waals surface area (Å²) in [5.41, 5.74) is 0.972. The van der Waals surface area contributed by atoms with E-state index in [1.54, 1.807) is 17.5 Å². The lowest BCUT2D eigenvalue weighted by Crippen LogP contribution is -1.74. The van der Waals surface area contributed by atoms with E-state index in [0.29, 0.717) is 0 Å². The Balaban J connectivity index is 2.35. The van der Waals surface area contributed by atoms with Gasteiger partial charge >= 0.3 is 0 Å². The van der Waals surface area contributed by atoms with Crippen LogP contribution in [0.5, 0.6) is 0 Å². The molecule has 0 spiro atoms. The summed E-state index contributed by atoms with van der Waals surface area (Å²) in [6, 6.07) is 1.93. The molecule has 2 heterocycles. The Morgan fingerprint density at radius 1 is 1.58 bits per heavy atom. The summed E-state index contributed by atoms with van der Waals surface area (Å²) in [4.78, 5) is 4.12. The van der Waals surface area contributed by atoms with Gasteiger partial charge in [-0.1, -0.05) is 12.1 Å². The summed E-state index contributed by atoms with van der Waals surface area (Å²) in [5, 5.41) is 6.69. The molecule has 0 fully saturated rings. The van der Waals surface area contributed by atoms with Crippen LogP contribution < -0.4 is 0 Å². The Morgan fingerprint density at radius 2 is 2.50 bits per heavy atom. The van der Waals surface area contributed by atoms with Gasteiger partial charge in [0.25, 0.3) is 0 Å². The first-order valence-electron chi connectivity index (χ1n) is 3.75. The molecule has 0 radical (unpaired) electrons. The Morgan fingerprint density at radius 3 is 3.08 bits per heavy atom. The zero-order valence-electron chi connectivity index (χ0n) is 6.65. The van der Waals surface area contributed by atoms with Gasteiger partial charge in [-0.3, -0.25) is 0 Å². The molecule has 0 aliphatic heterocycles. The molecule has 0 amide bonds. The van der Waals surface area contributed by atoms with Crippen molar-refractivity contribution in [3.8, 4) is 10.8 Å². The van der Waals surface area contributed by atoms with E-state index in [-0.39, 0.29) is 0 Å². The Kier molecular flexibility index (Phi) is 1.91. The van der Waals surface area contributed by atoms with E-state index in [1.807, 2.05) is 18.4 Å². The smallest absolute Gasteiger partial charge is 0.195 e. The molecule has 4 heteroatoms. The van der Waals surface area contributed by atoms with Gasteiger partial charge in [0.15, 0.2) is 10.8 Å². The highest BCUT2D eigenvalue weighted by Gasteiger charge is 2.06. The van der Waals surface area contributed by atoms with Crippen LogP contribution in [0, 0.1) is 0 Å². The quantitative estimate of drug-likeness (QED) is 0.712. The van der Waals surface area contributed by atoms with Crippen LogP contribution in [0.1, 0.15) is 12.6 Å². The second-order valence-electron chi connectivity index (χ2n) is 2.37. The lowest BCUT2D eigenvalue weighted by atomic mass is 10.3. The van der Waals surface area contributed by atoms with Gasteiger partial charge in [0.05, 0.1) is 5.69 Å². The van der Waals surface area contributed by atoms with E-state index in [9.17, 15) is 0 Å². The Hall–Kier alpha value is -1.16. The van der Waals surface area contributed by atoms with Gasteiger partial charge in [-0.2, -0.15) is 0 Å². The van der Waals surface area contributed by atoms with Crippen LogP contribution in [-0.2, 0) is 6.42 Å². The summed E-state index contributed by atoms with van der Waals surface area (Å²) >= 11 is 1.55. The highest BCUT2D eigenvalue weighted by atomic mass is 32.1. The number of nitrogens with zero attached hydrogens (tertiary/aromatic N) is 2. The highest BCUT2D eigenvalue weighted by molar-refractivity contribution is 7.13. The summed E-state index contributed by atoms with van der Waals surface area (Å²) < 4.78 is 5.10. The molecule has 0 saturated carbocycles. The molecule has 3 nitrogen and oxygen atoms in total. The fourth-order valence-corrected chi connectivity index (χ4v) is 1.51. The van der Waals surface area contributed by atoms with Gasteiger partial charge in [-0.15, -0.1) is 11.3 Å². The zero-order valence-corrected chi connectivity index (χ0v) is 7.47. The van der Waals surface area contributed by atoms with Crippen molar-refractivity contribution in [2.75, 3.05) is 0 Å². The lowest BCUT2D eigenvalue weighted by Gasteiger charge is -1.81. The van der Waals surface area contributed by atoms with Crippen molar-refractivity contribution in [1.82, 2.24) is 10.1 Å². The number of aromatic nitrogens is 2. The fourth-order valence-electron chi connectivity index (χ4n) is 0.924. The van der Waals surface area contributed by atoms with Crippen molar-refractivity contribution in [3.05, 3.63) is 23.3 Å². The summed E-state index contributed by atoms with van der Waals surface area (Å²) in [6.07, 6.45) is 2.66. The van der Waals surface area contributed by atoms with Gasteiger partial charge in [0.1, 0.15) is 0 Å². The van der Waals surface area contributed by atoms with E-state index < -0.39 is 0 Å². The van der Waals surface area contributed by atoms with Gasteiger partial charge in [0, 0.05) is 17.6 Å². The molecular formula is C8H8N2OS. The number of aryl methyl sites for hydroxylation is 1. The van der Waals surface area contributed by atoms with Crippen LogP contribution in [0.25, 0.3) is 10.8 Å². The third-order valence-electron chi connectivity index (χ3n) is 1.56. The van der Waals surface area contributed by atoms with Gasteiger partial charge in [-0.25, -0.2) is 4.98 Å². The predicted octanol–water partition coefficient (Wildman–Crippen LogP) is 2.36. The van der Waals surface area contributed by atoms with Crippen LogP contribution in [0.4, 0.5) is 0 Å². The maximum Gasteiger partial charge on any atom is 0.195 e. The monoisotopic (exact) mass is 180 g/mol. The van der Waals surface area contributed by atoms with Crippen molar-refractivity contribution in [2.45, 2.75) is 13.3 Å². The maximum absolute atomic E-state index is 5.10. The Bertz CT molecular complexity index is 353. The number of hydrogen-bond acceptors (Lipinski definition) is 4. The van der Waals surface area contributed by atoms with E-state index in [4.69, 9.17) is 4.52 Å². The topological polar surface area (TPSA) is 38.9 Å². The molecule has 2 aromatic heterocycles. The first kappa shape index (κ1) is 7.49. The minimum Gasteiger partial charge on any atom is -0.353 e. The molecule has 0 aliphatic rings. The average Bonchev–Trinajstić information content (AvgIpc) is 2.75. The first-order valence-corrected chi connectivity index (χ1v) is 4.63. The SMILES string of the molecule is CCc1cc(-c2nccs2)on1. The van der Waals surface area contributed by atoms with Gasteiger partial charge in [-0.05, 0) is 6.42 Å². The molecule has 12 heavy (non-hydrogen) atoms. The van der Waals surface area contributed by atoms with Crippen molar-refractivity contribution < 1.29 is 4.52 Å². The third-order valence-corrected chi connectivity index (χ3v) is 2.35. The second kappa shape index (κ2) is 3.06. The van der Waals surface area contributed by atoms with Gasteiger partial charge < -0.3 is 4.52 Å². The summed E-state index contributed by atoms with van der Waals surface area (Å²) in [5.74, 6) is 0.766. The lowest BCUT2D eigenvalue weighted by molar-refractivity contribution is 0.424. The largest absolute Gasteiger partial charge is 0.353 e. The average molecular weight is 180 g/mol. The van der Waals surface area contributed by atoms with E-state index in [2.05, 4.69) is 10.1 Å². The van der Waals surface area contributed by atoms with E-state index in [1.165, 1.54) is 0 Å². The summed E-state index contributed by atoms with van der Waals surface area (Å²) in [6.45, 7) is 2.05. The second-order valence-corrected chi connectivity index (χ2v) is 3.27. The third kappa shape index (κ3) is 1.25. The van der Waals surface area contributed by atoms with Crippen molar-refractivity contribution in [3.63, 3.8) is 0 Å². The molecule has 0 aromatic carbocycles. The molecular weight excluding hydrogens is 172 g/mol. The number of rotatable bonds is 2. The molecule has 0 N–H and O–H groups in total. The van der Waals surface area contributed by atoms with Gasteiger partial charge in [0.2, 0.25) is 0 Å². The fraction of sp³-hybridized carbons (Fsp3) is 0.250. The Labute approximate surface area is 74.0 Å². The maximum atomic E-state index is 5.10. The molecule has 0 aliphatic carbocycles. The molecule has 2 aromatic rings. The van der Waals surface area contributed by atoms with Crippen LogP contribution in [-0.4, -0.2) is 10.1 Å². The number of hydrogen-bond donors (Lipinski definition) is 0. The number of thiazole rings is 1. The molecule has 0 saturated heterocycles. The van der Waals surface area contributed by atoms with E-state index >= 15 is 0 Å². The molecule has 0 bridgehead atoms. The van der Waals surface area contributed by atoms with Crippen LogP contribution in [0.3, 0.4) is 0 Å². The zero-order chi connectivity index (χ0) is 8.39. The minimum absolute atomic E-state index is 0.766. The standard InChI is InChI=1S/C8H8N2OS/c1-2-6-5-7(11-10-6)8-9-3-4-12-8/h3-5H,2H2,1H3. The first-order chi connectivity index (χ1) is 5.90. The normalized spacial score (nSPS) is 10.4. The molecule has 62 valence electrons. The van der Waals surface area contributed by atoms with Crippen molar-refractivity contribution in [1.29, 1.82) is 0 Å². The summed E-state index contributed by atoms with van der Waals surface area (Å²) in [7, 11) is 0. The molecule has 2 rings (SSSR count). The van der Waals surface area contributed by atoms with Crippen molar-refractivity contribution >= 4 is 11.3 Å². The highest BCUT2D eigenvalue weighted by Crippen LogP contribution is 2.22. The van der Waals surface area contributed by atoms with Crippen LogP contribution >= 0.6 is 11.3 Å². The van der Waals surface area contributed by atoms with Crippen LogP contribution in [0.15, 0.2) is 22.2 Å². The van der Waals surface area contributed by atoms with E-state index in [0.717, 1.165) is 22.9 Å². The van der Waals surface area contributed by atoms with Crippen molar-refractivity contribution in [2.24, 2.45) is 0 Å². The van der Waals surface area contributed by atoms with Crippen LogP contribution in [0.2, 0.25) is 0 Å².